The number of hydrogen-bond acceptors (Lipinski definition) is 3. The number of anilines is 2. The van der Waals surface area contributed by atoms with Crippen LogP contribution in [0.25, 0.3) is 0 Å². The molecular weight excluding hydrogens is 315 g/mol. The normalized spacial score (nSPS) is 10.5. The zero-order chi connectivity index (χ0) is 14.2. The summed E-state index contributed by atoms with van der Waals surface area (Å²) in [5.74, 6) is -0.953. The number of nitrogens with one attached hydrogen (secondary N) is 2. The Morgan fingerprint density at radius 2 is 2.16 bits per heavy atom. The van der Waals surface area contributed by atoms with E-state index in [0.29, 0.717) is 15.9 Å². The van der Waals surface area contributed by atoms with Crippen molar-refractivity contribution < 1.29 is 9.18 Å². The Balaban J connectivity index is 2.33. The van der Waals surface area contributed by atoms with Gasteiger partial charge in [0.05, 0.1) is 28.3 Å². The van der Waals surface area contributed by atoms with E-state index in [1.165, 1.54) is 12.1 Å². The first-order valence-electron chi connectivity index (χ1n) is 5.47. The SMILES string of the molecule is Cc1n[nH]c(C)c1NC(=O)c1cc(N)c(F)cc1Br. The van der Waals surface area contributed by atoms with Gasteiger partial charge in [-0.1, -0.05) is 0 Å². The second-order valence-corrected chi connectivity index (χ2v) is 4.97. The van der Waals surface area contributed by atoms with Gasteiger partial charge in [-0.05, 0) is 41.9 Å². The molecule has 2 rings (SSSR count). The van der Waals surface area contributed by atoms with Crippen LogP contribution in [0.1, 0.15) is 21.7 Å². The van der Waals surface area contributed by atoms with Gasteiger partial charge in [0.15, 0.2) is 0 Å². The van der Waals surface area contributed by atoms with E-state index in [9.17, 15) is 9.18 Å². The molecule has 1 aromatic carbocycles. The van der Waals surface area contributed by atoms with Crippen molar-refractivity contribution in [2.75, 3.05) is 11.1 Å². The fourth-order valence-corrected chi connectivity index (χ4v) is 2.15. The van der Waals surface area contributed by atoms with Gasteiger partial charge < -0.3 is 11.1 Å². The fourth-order valence-electron chi connectivity index (χ4n) is 1.66. The van der Waals surface area contributed by atoms with Crippen molar-refractivity contribution >= 4 is 33.2 Å². The average Bonchev–Trinajstić information content (AvgIpc) is 2.65. The van der Waals surface area contributed by atoms with Gasteiger partial charge in [-0.3, -0.25) is 9.89 Å². The minimum Gasteiger partial charge on any atom is -0.396 e. The van der Waals surface area contributed by atoms with Crippen LogP contribution in [0.4, 0.5) is 15.8 Å². The van der Waals surface area contributed by atoms with Gasteiger partial charge in [-0.25, -0.2) is 4.39 Å². The van der Waals surface area contributed by atoms with Crippen molar-refractivity contribution in [3.63, 3.8) is 0 Å². The molecule has 1 aromatic heterocycles. The quantitative estimate of drug-likeness (QED) is 0.742. The second-order valence-electron chi connectivity index (χ2n) is 4.12. The Morgan fingerprint density at radius 1 is 1.47 bits per heavy atom. The summed E-state index contributed by atoms with van der Waals surface area (Å²) >= 11 is 3.14. The van der Waals surface area contributed by atoms with Crippen LogP contribution >= 0.6 is 15.9 Å². The van der Waals surface area contributed by atoms with E-state index in [1.54, 1.807) is 13.8 Å². The Kier molecular flexibility index (Phi) is 3.57. The Bertz CT molecular complexity index is 634. The van der Waals surface area contributed by atoms with Gasteiger partial charge in [-0.15, -0.1) is 0 Å². The molecule has 0 saturated carbocycles. The number of rotatable bonds is 2. The molecular formula is C12H12BrFN4O. The molecule has 0 aliphatic carbocycles. The molecule has 0 fully saturated rings. The highest BCUT2D eigenvalue weighted by molar-refractivity contribution is 9.10. The van der Waals surface area contributed by atoms with Crippen molar-refractivity contribution in [3.8, 4) is 0 Å². The highest BCUT2D eigenvalue weighted by Crippen LogP contribution is 2.25. The maximum absolute atomic E-state index is 13.2. The molecule has 0 bridgehead atoms. The van der Waals surface area contributed by atoms with Crippen molar-refractivity contribution in [2.24, 2.45) is 0 Å². The first-order valence-corrected chi connectivity index (χ1v) is 6.27. The maximum atomic E-state index is 13.2. The highest BCUT2D eigenvalue weighted by Gasteiger charge is 2.16. The van der Waals surface area contributed by atoms with Gasteiger partial charge in [0.2, 0.25) is 0 Å². The third-order valence-corrected chi connectivity index (χ3v) is 3.35. The van der Waals surface area contributed by atoms with Gasteiger partial charge in [0.25, 0.3) is 5.91 Å². The van der Waals surface area contributed by atoms with E-state index in [2.05, 4.69) is 31.4 Å². The average molecular weight is 327 g/mol. The Morgan fingerprint density at radius 3 is 2.74 bits per heavy atom. The summed E-state index contributed by atoms with van der Waals surface area (Å²) in [5, 5.41) is 9.47. The maximum Gasteiger partial charge on any atom is 0.256 e. The molecule has 5 nitrogen and oxygen atoms in total. The zero-order valence-electron chi connectivity index (χ0n) is 10.3. The smallest absolute Gasteiger partial charge is 0.256 e. The summed E-state index contributed by atoms with van der Waals surface area (Å²) in [5.41, 5.74) is 7.69. The van der Waals surface area contributed by atoms with Crippen LogP contribution in [-0.2, 0) is 0 Å². The molecule has 1 heterocycles. The monoisotopic (exact) mass is 326 g/mol. The summed E-state index contributed by atoms with van der Waals surface area (Å²) in [6.07, 6.45) is 0. The lowest BCUT2D eigenvalue weighted by Crippen LogP contribution is -2.14. The van der Waals surface area contributed by atoms with Crippen LogP contribution in [-0.4, -0.2) is 16.1 Å². The second kappa shape index (κ2) is 5.00. The molecule has 0 aliphatic rings. The summed E-state index contributed by atoms with van der Waals surface area (Å²) in [6.45, 7) is 3.57. The van der Waals surface area contributed by atoms with Crippen molar-refractivity contribution in [1.82, 2.24) is 10.2 Å². The number of aromatic amines is 1. The van der Waals surface area contributed by atoms with E-state index < -0.39 is 5.82 Å². The number of carbonyl (C=O) groups excluding carboxylic acids is 1. The number of aryl methyl sites for hydroxylation is 2. The summed E-state index contributed by atoms with van der Waals surface area (Å²) < 4.78 is 13.6. The number of halogens is 2. The molecule has 0 unspecified atom stereocenters. The number of H-pyrrole nitrogens is 1. The predicted octanol–water partition coefficient (Wildman–Crippen LogP) is 2.76. The number of aromatic nitrogens is 2. The third-order valence-electron chi connectivity index (χ3n) is 2.70. The number of amides is 1. The van der Waals surface area contributed by atoms with Gasteiger partial charge in [-0.2, -0.15) is 5.10 Å². The number of nitrogens with two attached hydrogens (primary N) is 1. The van der Waals surface area contributed by atoms with Crippen LogP contribution in [0.15, 0.2) is 16.6 Å². The molecule has 19 heavy (non-hydrogen) atoms. The molecule has 7 heteroatoms. The number of nitrogens with zero attached hydrogens (tertiary/aromatic N) is 1. The standard InChI is InChI=1S/C12H12BrFN4O/c1-5-11(6(2)18-17-5)16-12(19)7-3-10(15)9(14)4-8(7)13/h3-4H,15H2,1-2H3,(H,16,19)(H,17,18). The van der Waals surface area contributed by atoms with E-state index >= 15 is 0 Å². The predicted molar refractivity (Wildman–Crippen MR) is 74.5 cm³/mol. The molecule has 2 aromatic rings. The largest absolute Gasteiger partial charge is 0.396 e. The molecule has 0 spiro atoms. The number of carbonyl (C=O) groups is 1. The Labute approximate surface area is 117 Å². The first kappa shape index (κ1) is 13.5. The molecule has 100 valence electrons. The summed E-state index contributed by atoms with van der Waals surface area (Å²) in [6, 6.07) is 2.46. The van der Waals surface area contributed by atoms with E-state index in [4.69, 9.17) is 5.73 Å². The van der Waals surface area contributed by atoms with Crippen molar-refractivity contribution in [2.45, 2.75) is 13.8 Å². The number of nitrogen functional groups attached to an aromatic ring is 1. The van der Waals surface area contributed by atoms with Crippen LogP contribution in [0.5, 0.6) is 0 Å². The lowest BCUT2D eigenvalue weighted by Gasteiger charge is -2.08. The number of benzene rings is 1. The minimum absolute atomic E-state index is 0.0750. The highest BCUT2D eigenvalue weighted by atomic mass is 79.9. The van der Waals surface area contributed by atoms with E-state index in [1.807, 2.05) is 0 Å². The van der Waals surface area contributed by atoms with Crippen molar-refractivity contribution in [1.29, 1.82) is 0 Å². The van der Waals surface area contributed by atoms with Crippen LogP contribution < -0.4 is 11.1 Å². The first-order chi connectivity index (χ1) is 8.90. The van der Waals surface area contributed by atoms with Crippen LogP contribution in [0.3, 0.4) is 0 Å². The number of hydrogen-bond donors (Lipinski definition) is 3. The molecule has 0 aliphatic heterocycles. The molecule has 0 saturated heterocycles. The molecule has 1 amide bonds. The lowest BCUT2D eigenvalue weighted by atomic mass is 10.1. The van der Waals surface area contributed by atoms with Crippen LogP contribution in [0.2, 0.25) is 0 Å². The van der Waals surface area contributed by atoms with E-state index in [0.717, 1.165) is 5.69 Å². The van der Waals surface area contributed by atoms with Gasteiger partial charge in [0.1, 0.15) is 5.82 Å². The lowest BCUT2D eigenvalue weighted by molar-refractivity contribution is 0.102. The summed E-state index contributed by atoms with van der Waals surface area (Å²) in [4.78, 5) is 12.1. The Hall–Kier alpha value is -1.89. The van der Waals surface area contributed by atoms with Gasteiger partial charge in [0, 0.05) is 4.47 Å². The zero-order valence-corrected chi connectivity index (χ0v) is 11.9. The van der Waals surface area contributed by atoms with E-state index in [-0.39, 0.29) is 17.2 Å². The summed E-state index contributed by atoms with van der Waals surface area (Å²) in [7, 11) is 0. The van der Waals surface area contributed by atoms with Crippen molar-refractivity contribution in [3.05, 3.63) is 39.4 Å². The van der Waals surface area contributed by atoms with Crippen LogP contribution in [0, 0.1) is 19.7 Å². The molecule has 4 N–H and O–H groups in total. The fraction of sp³-hybridized carbons (Fsp3) is 0.167. The molecule has 0 atom stereocenters. The van der Waals surface area contributed by atoms with Gasteiger partial charge >= 0.3 is 0 Å². The topological polar surface area (TPSA) is 83.8 Å². The minimum atomic E-state index is -0.570. The molecule has 0 radical (unpaired) electrons. The third kappa shape index (κ3) is 2.60.